The summed E-state index contributed by atoms with van der Waals surface area (Å²) in [6.45, 7) is 8.39. The first-order valence-electron chi connectivity index (χ1n) is 9.73. The van der Waals surface area contributed by atoms with E-state index in [0.29, 0.717) is 25.3 Å². The van der Waals surface area contributed by atoms with Crippen LogP contribution in [0.4, 0.5) is 5.69 Å². The molecule has 0 N–H and O–H groups in total. The van der Waals surface area contributed by atoms with Gasteiger partial charge in [0, 0.05) is 25.2 Å². The van der Waals surface area contributed by atoms with Crippen molar-refractivity contribution in [1.82, 2.24) is 4.90 Å². The predicted molar refractivity (Wildman–Crippen MR) is 119 cm³/mol. The minimum absolute atomic E-state index is 0.0234. The van der Waals surface area contributed by atoms with Crippen molar-refractivity contribution >= 4 is 21.6 Å². The molecule has 1 aliphatic heterocycles. The molecule has 1 aliphatic rings. The van der Waals surface area contributed by atoms with Gasteiger partial charge in [-0.1, -0.05) is 30.4 Å². The van der Waals surface area contributed by atoms with Crippen molar-refractivity contribution < 1.29 is 17.9 Å². The molecule has 0 saturated heterocycles. The second kappa shape index (κ2) is 9.17. The Morgan fingerprint density at radius 3 is 2.53 bits per heavy atom. The van der Waals surface area contributed by atoms with Gasteiger partial charge in [0.05, 0.1) is 12.8 Å². The molecule has 0 radical (unpaired) electrons. The standard InChI is InChI=1S/C23H26N2O4S/c1-4-14-24(15-5-2)23(26)19-12-13-21(29-3)22(17-19)30(27,28)25-16-8-10-18-9-6-7-11-20(18)25/h4-7,9,11-13,17H,1-2,8,10,14-16H2,3H3. The number of carbonyl (C=O) groups excluding carboxylic acids is 1. The van der Waals surface area contributed by atoms with E-state index in [4.69, 9.17) is 4.74 Å². The van der Waals surface area contributed by atoms with Gasteiger partial charge in [-0.2, -0.15) is 0 Å². The van der Waals surface area contributed by atoms with Crippen LogP contribution in [0.25, 0.3) is 0 Å². The molecule has 1 heterocycles. The molecule has 1 amide bonds. The molecule has 7 heteroatoms. The van der Waals surface area contributed by atoms with Gasteiger partial charge in [-0.05, 0) is 42.7 Å². The van der Waals surface area contributed by atoms with Crippen molar-refractivity contribution in [3.05, 3.63) is 78.9 Å². The Kier molecular flexibility index (Phi) is 6.62. The molecule has 3 rings (SSSR count). The van der Waals surface area contributed by atoms with Crippen molar-refractivity contribution in [3.8, 4) is 5.75 Å². The molecule has 158 valence electrons. The lowest BCUT2D eigenvalue weighted by molar-refractivity contribution is 0.0790. The van der Waals surface area contributed by atoms with Crippen molar-refractivity contribution in [1.29, 1.82) is 0 Å². The fourth-order valence-corrected chi connectivity index (χ4v) is 5.34. The number of hydrogen-bond donors (Lipinski definition) is 0. The molecule has 0 unspecified atom stereocenters. The molecule has 2 aromatic rings. The van der Waals surface area contributed by atoms with Gasteiger partial charge >= 0.3 is 0 Å². The number of para-hydroxylation sites is 1. The van der Waals surface area contributed by atoms with Gasteiger partial charge < -0.3 is 9.64 Å². The lowest BCUT2D eigenvalue weighted by Crippen LogP contribution is -2.36. The number of rotatable bonds is 8. The van der Waals surface area contributed by atoms with Crippen molar-refractivity contribution in [2.75, 3.05) is 31.0 Å². The van der Waals surface area contributed by atoms with Gasteiger partial charge in [-0.15, -0.1) is 13.2 Å². The van der Waals surface area contributed by atoms with Crippen LogP contribution in [0.1, 0.15) is 22.3 Å². The third-order valence-electron chi connectivity index (χ3n) is 5.03. The Bertz CT molecular complexity index is 1050. The minimum Gasteiger partial charge on any atom is -0.495 e. The first-order chi connectivity index (χ1) is 14.4. The minimum atomic E-state index is -3.93. The van der Waals surface area contributed by atoms with Crippen molar-refractivity contribution in [2.45, 2.75) is 17.7 Å². The summed E-state index contributed by atoms with van der Waals surface area (Å²) in [5.74, 6) is -0.0958. The van der Waals surface area contributed by atoms with E-state index in [-0.39, 0.29) is 22.1 Å². The van der Waals surface area contributed by atoms with Gasteiger partial charge in [0.15, 0.2) is 0 Å². The predicted octanol–water partition coefficient (Wildman–Crippen LogP) is 3.65. The highest BCUT2D eigenvalue weighted by Gasteiger charge is 2.32. The van der Waals surface area contributed by atoms with Crippen LogP contribution in [0.15, 0.2) is 72.7 Å². The van der Waals surface area contributed by atoms with E-state index in [0.717, 1.165) is 18.4 Å². The van der Waals surface area contributed by atoms with Crippen LogP contribution in [0.2, 0.25) is 0 Å². The molecule has 0 saturated carbocycles. The first-order valence-corrected chi connectivity index (χ1v) is 11.2. The van der Waals surface area contributed by atoms with Crippen LogP contribution in [0, 0.1) is 0 Å². The summed E-state index contributed by atoms with van der Waals surface area (Å²) in [6.07, 6.45) is 4.79. The summed E-state index contributed by atoms with van der Waals surface area (Å²) in [6, 6.07) is 12.0. The van der Waals surface area contributed by atoms with Gasteiger partial charge in [0.1, 0.15) is 10.6 Å². The number of anilines is 1. The van der Waals surface area contributed by atoms with Crippen LogP contribution >= 0.6 is 0 Å². The molecule has 0 fully saturated rings. The smallest absolute Gasteiger partial charge is 0.268 e. The van der Waals surface area contributed by atoms with Crippen LogP contribution < -0.4 is 9.04 Å². The Balaban J connectivity index is 2.07. The third-order valence-corrected chi connectivity index (χ3v) is 6.87. The maximum Gasteiger partial charge on any atom is 0.268 e. The number of aryl methyl sites for hydroxylation is 1. The van der Waals surface area contributed by atoms with Crippen molar-refractivity contribution in [2.24, 2.45) is 0 Å². The van der Waals surface area contributed by atoms with E-state index in [1.807, 2.05) is 24.3 Å². The Hall–Kier alpha value is -3.06. The zero-order chi connectivity index (χ0) is 21.7. The highest BCUT2D eigenvalue weighted by Crippen LogP contribution is 2.35. The van der Waals surface area contributed by atoms with E-state index in [2.05, 4.69) is 13.2 Å². The summed E-state index contributed by atoms with van der Waals surface area (Å²) >= 11 is 0. The molecular formula is C23H26N2O4S. The number of amides is 1. The van der Waals surface area contributed by atoms with Gasteiger partial charge in [0.25, 0.3) is 15.9 Å². The summed E-state index contributed by atoms with van der Waals surface area (Å²) in [5.41, 5.74) is 1.92. The molecular weight excluding hydrogens is 400 g/mol. The molecule has 0 spiro atoms. The second-order valence-corrected chi connectivity index (χ2v) is 8.79. The lowest BCUT2D eigenvalue weighted by Gasteiger charge is -2.31. The summed E-state index contributed by atoms with van der Waals surface area (Å²) in [7, 11) is -2.51. The number of ether oxygens (including phenoxy) is 1. The normalized spacial score (nSPS) is 13.3. The Morgan fingerprint density at radius 1 is 1.17 bits per heavy atom. The number of carbonyl (C=O) groups is 1. The number of sulfonamides is 1. The van der Waals surface area contributed by atoms with E-state index in [1.165, 1.54) is 28.4 Å². The summed E-state index contributed by atoms with van der Waals surface area (Å²) in [4.78, 5) is 14.5. The number of nitrogens with zero attached hydrogens (tertiary/aromatic N) is 2. The quantitative estimate of drug-likeness (QED) is 0.605. The molecule has 0 aromatic heterocycles. The van der Waals surface area contributed by atoms with E-state index in [9.17, 15) is 13.2 Å². The van der Waals surface area contributed by atoms with Crippen LogP contribution in [-0.2, 0) is 16.4 Å². The number of hydrogen-bond acceptors (Lipinski definition) is 4. The number of fused-ring (bicyclic) bond motifs is 1. The Morgan fingerprint density at radius 2 is 1.87 bits per heavy atom. The summed E-state index contributed by atoms with van der Waals surface area (Å²) in [5, 5.41) is 0. The molecule has 0 bridgehead atoms. The van der Waals surface area contributed by atoms with E-state index >= 15 is 0 Å². The van der Waals surface area contributed by atoms with Gasteiger partial charge in [-0.3, -0.25) is 9.10 Å². The van der Waals surface area contributed by atoms with E-state index < -0.39 is 10.0 Å². The maximum absolute atomic E-state index is 13.6. The monoisotopic (exact) mass is 426 g/mol. The Labute approximate surface area is 178 Å². The van der Waals surface area contributed by atoms with Crippen LogP contribution in [0.5, 0.6) is 5.75 Å². The summed E-state index contributed by atoms with van der Waals surface area (Å²) < 4.78 is 34.0. The molecule has 0 aliphatic carbocycles. The molecule has 0 atom stereocenters. The zero-order valence-corrected chi connectivity index (χ0v) is 17.9. The largest absolute Gasteiger partial charge is 0.495 e. The van der Waals surface area contributed by atoms with Crippen molar-refractivity contribution in [3.63, 3.8) is 0 Å². The number of methoxy groups -OCH3 is 1. The highest BCUT2D eigenvalue weighted by molar-refractivity contribution is 7.93. The lowest BCUT2D eigenvalue weighted by atomic mass is 10.0. The topological polar surface area (TPSA) is 66.9 Å². The van der Waals surface area contributed by atoms with Gasteiger partial charge in [0.2, 0.25) is 0 Å². The van der Waals surface area contributed by atoms with Crippen LogP contribution in [-0.4, -0.2) is 46.0 Å². The molecule has 30 heavy (non-hydrogen) atoms. The fraction of sp³-hybridized carbons (Fsp3) is 0.261. The van der Waals surface area contributed by atoms with Crippen LogP contribution in [0.3, 0.4) is 0 Å². The maximum atomic E-state index is 13.6. The average molecular weight is 427 g/mol. The molecule has 2 aromatic carbocycles. The fourth-order valence-electron chi connectivity index (χ4n) is 3.61. The first kappa shape index (κ1) is 21.6. The number of benzene rings is 2. The second-order valence-electron chi connectivity index (χ2n) is 6.96. The van der Waals surface area contributed by atoms with E-state index in [1.54, 1.807) is 18.2 Å². The zero-order valence-electron chi connectivity index (χ0n) is 17.1. The average Bonchev–Trinajstić information content (AvgIpc) is 2.77. The third kappa shape index (κ3) is 4.11. The highest BCUT2D eigenvalue weighted by atomic mass is 32.2. The van der Waals surface area contributed by atoms with Gasteiger partial charge in [-0.25, -0.2) is 8.42 Å². The SMILES string of the molecule is C=CCN(CC=C)C(=O)c1ccc(OC)c(S(=O)(=O)N2CCCc3ccccc32)c1. The molecule has 6 nitrogen and oxygen atoms in total.